The maximum absolute atomic E-state index is 11.3. The summed E-state index contributed by atoms with van der Waals surface area (Å²) < 4.78 is 5.06. The first-order chi connectivity index (χ1) is 6.37. The van der Waals surface area contributed by atoms with Crippen molar-refractivity contribution in [2.75, 3.05) is 6.61 Å². The molecule has 1 unspecified atom stereocenters. The van der Waals surface area contributed by atoms with Crippen LogP contribution in [0.2, 0.25) is 0 Å². The van der Waals surface area contributed by atoms with Crippen molar-refractivity contribution >= 4 is 5.97 Å². The second-order valence-electron chi connectivity index (χ2n) is 4.12. The fourth-order valence-electron chi connectivity index (χ4n) is 0.863. The number of carbonyl (C=O) groups is 1. The summed E-state index contributed by atoms with van der Waals surface area (Å²) in [6, 6.07) is -0.649. The van der Waals surface area contributed by atoms with E-state index in [1.807, 2.05) is 0 Å². The van der Waals surface area contributed by atoms with Crippen LogP contribution in [-0.4, -0.2) is 29.5 Å². The number of esters is 1. The van der Waals surface area contributed by atoms with E-state index >= 15 is 0 Å². The normalized spacial score (nSPS) is 13.8. The lowest BCUT2D eigenvalue weighted by Crippen LogP contribution is -2.37. The summed E-state index contributed by atoms with van der Waals surface area (Å²) in [7, 11) is 0. The van der Waals surface area contributed by atoms with Crippen molar-refractivity contribution in [3.05, 3.63) is 0 Å². The van der Waals surface area contributed by atoms with E-state index in [1.165, 1.54) is 0 Å². The topological polar surface area (TPSA) is 81.8 Å². The highest BCUT2D eigenvalue weighted by atomic mass is 17.1. The highest BCUT2D eigenvalue weighted by Crippen LogP contribution is 2.09. The summed E-state index contributed by atoms with van der Waals surface area (Å²) in [5.74, 6) is -0.421. The van der Waals surface area contributed by atoms with E-state index in [1.54, 1.807) is 20.8 Å². The molecule has 5 heteroatoms. The number of carbonyl (C=O) groups excluding carboxylic acids is 1. The van der Waals surface area contributed by atoms with Crippen molar-refractivity contribution in [1.82, 2.24) is 0 Å². The third-order valence-corrected chi connectivity index (χ3v) is 1.46. The van der Waals surface area contributed by atoms with Gasteiger partial charge in [0.05, 0.1) is 6.61 Å². The zero-order chi connectivity index (χ0) is 11.2. The number of hydrogen-bond donors (Lipinski definition) is 2. The third-order valence-electron chi connectivity index (χ3n) is 1.46. The molecule has 0 rings (SSSR count). The van der Waals surface area contributed by atoms with Crippen molar-refractivity contribution in [3.8, 4) is 0 Å². The van der Waals surface area contributed by atoms with Gasteiger partial charge >= 0.3 is 5.97 Å². The van der Waals surface area contributed by atoms with Gasteiger partial charge in [-0.05, 0) is 33.6 Å². The standard InChI is InChI=1S/C9H19NO4/c1-9(2,3)14-8(11)7(10)5-4-6-13-12/h7,12H,4-6,10H2,1-3H3. The van der Waals surface area contributed by atoms with Crippen LogP contribution in [0.4, 0.5) is 0 Å². The molecule has 0 aromatic rings. The van der Waals surface area contributed by atoms with Crippen molar-refractivity contribution in [1.29, 1.82) is 0 Å². The lowest BCUT2D eigenvalue weighted by Gasteiger charge is -2.22. The van der Waals surface area contributed by atoms with Gasteiger partial charge in [0.25, 0.3) is 0 Å². The summed E-state index contributed by atoms with van der Waals surface area (Å²) >= 11 is 0. The van der Waals surface area contributed by atoms with Crippen LogP contribution in [0.3, 0.4) is 0 Å². The first kappa shape index (κ1) is 13.4. The van der Waals surface area contributed by atoms with Gasteiger partial charge in [-0.3, -0.25) is 10.1 Å². The minimum absolute atomic E-state index is 0.177. The molecule has 0 aliphatic heterocycles. The van der Waals surface area contributed by atoms with Gasteiger partial charge in [0.15, 0.2) is 0 Å². The number of rotatable bonds is 5. The van der Waals surface area contributed by atoms with Crippen LogP contribution < -0.4 is 5.73 Å². The Morgan fingerprint density at radius 1 is 1.50 bits per heavy atom. The van der Waals surface area contributed by atoms with Crippen LogP contribution in [0.1, 0.15) is 33.6 Å². The highest BCUT2D eigenvalue weighted by Gasteiger charge is 2.21. The average molecular weight is 205 g/mol. The molecule has 0 fully saturated rings. The smallest absolute Gasteiger partial charge is 0.323 e. The van der Waals surface area contributed by atoms with E-state index in [9.17, 15) is 4.79 Å². The molecular formula is C9H19NO4. The van der Waals surface area contributed by atoms with E-state index in [0.717, 1.165) is 0 Å². The molecule has 0 aliphatic rings. The SMILES string of the molecule is CC(C)(C)OC(=O)C(N)CCCOO. The van der Waals surface area contributed by atoms with Crippen LogP contribution in [0.25, 0.3) is 0 Å². The molecular weight excluding hydrogens is 186 g/mol. The Morgan fingerprint density at radius 2 is 2.07 bits per heavy atom. The Bertz CT molecular complexity index is 176. The predicted molar refractivity (Wildman–Crippen MR) is 51.6 cm³/mol. The number of hydrogen-bond acceptors (Lipinski definition) is 5. The molecule has 0 saturated carbocycles. The predicted octanol–water partition coefficient (Wildman–Crippen LogP) is 0.925. The van der Waals surface area contributed by atoms with E-state index < -0.39 is 17.6 Å². The van der Waals surface area contributed by atoms with Gasteiger partial charge in [0, 0.05) is 0 Å². The van der Waals surface area contributed by atoms with E-state index in [-0.39, 0.29) is 6.61 Å². The lowest BCUT2D eigenvalue weighted by atomic mass is 10.1. The van der Waals surface area contributed by atoms with Gasteiger partial charge in [-0.1, -0.05) is 0 Å². The van der Waals surface area contributed by atoms with Gasteiger partial charge in [-0.25, -0.2) is 4.89 Å². The van der Waals surface area contributed by atoms with Crippen molar-refractivity contribution in [3.63, 3.8) is 0 Å². The molecule has 5 nitrogen and oxygen atoms in total. The quantitative estimate of drug-likeness (QED) is 0.302. The minimum Gasteiger partial charge on any atom is -0.459 e. The fourth-order valence-corrected chi connectivity index (χ4v) is 0.863. The van der Waals surface area contributed by atoms with Crippen LogP contribution in [0.5, 0.6) is 0 Å². The van der Waals surface area contributed by atoms with Crippen molar-refractivity contribution in [2.24, 2.45) is 5.73 Å². The monoisotopic (exact) mass is 205 g/mol. The largest absolute Gasteiger partial charge is 0.459 e. The summed E-state index contributed by atoms with van der Waals surface area (Å²) in [5, 5.41) is 8.05. The maximum atomic E-state index is 11.3. The molecule has 0 bridgehead atoms. The third kappa shape index (κ3) is 6.82. The van der Waals surface area contributed by atoms with Crippen LogP contribution in [0, 0.1) is 0 Å². The molecule has 0 aromatic heterocycles. The van der Waals surface area contributed by atoms with Gasteiger partial charge < -0.3 is 10.5 Å². The first-order valence-corrected chi connectivity index (χ1v) is 4.61. The summed E-state index contributed by atoms with van der Waals surface area (Å²) in [6.07, 6.45) is 0.965. The highest BCUT2D eigenvalue weighted by molar-refractivity contribution is 5.75. The molecule has 0 aliphatic carbocycles. The van der Waals surface area contributed by atoms with Crippen molar-refractivity contribution < 1.29 is 19.7 Å². The molecule has 0 radical (unpaired) electrons. The van der Waals surface area contributed by atoms with Gasteiger partial charge in [-0.15, -0.1) is 0 Å². The Hall–Kier alpha value is -0.650. The van der Waals surface area contributed by atoms with Crippen LogP contribution >= 0.6 is 0 Å². The molecule has 0 amide bonds. The van der Waals surface area contributed by atoms with Gasteiger partial charge in [-0.2, -0.15) is 0 Å². The Kier molecular flexibility index (Phi) is 5.68. The molecule has 0 aromatic carbocycles. The lowest BCUT2D eigenvalue weighted by molar-refractivity contribution is -0.242. The molecule has 0 spiro atoms. The second kappa shape index (κ2) is 5.95. The minimum atomic E-state index is -0.649. The number of ether oxygens (including phenoxy) is 1. The zero-order valence-electron chi connectivity index (χ0n) is 8.95. The van der Waals surface area contributed by atoms with E-state index in [4.69, 9.17) is 15.7 Å². The number of nitrogens with two attached hydrogens (primary N) is 1. The molecule has 14 heavy (non-hydrogen) atoms. The maximum Gasteiger partial charge on any atom is 0.323 e. The fraction of sp³-hybridized carbons (Fsp3) is 0.889. The molecule has 84 valence electrons. The summed E-state index contributed by atoms with van der Waals surface area (Å²) in [6.45, 7) is 5.54. The zero-order valence-corrected chi connectivity index (χ0v) is 8.95. The molecule has 1 atom stereocenters. The van der Waals surface area contributed by atoms with Gasteiger partial charge in [0.1, 0.15) is 11.6 Å². The van der Waals surface area contributed by atoms with Crippen LogP contribution in [0.15, 0.2) is 0 Å². The first-order valence-electron chi connectivity index (χ1n) is 4.61. The average Bonchev–Trinajstić information content (AvgIpc) is 2.01. The van der Waals surface area contributed by atoms with E-state index in [0.29, 0.717) is 12.8 Å². The van der Waals surface area contributed by atoms with E-state index in [2.05, 4.69) is 4.89 Å². The second-order valence-corrected chi connectivity index (χ2v) is 4.12. The molecule has 0 saturated heterocycles. The Morgan fingerprint density at radius 3 is 2.50 bits per heavy atom. The van der Waals surface area contributed by atoms with Crippen molar-refractivity contribution in [2.45, 2.75) is 45.3 Å². The molecule has 3 N–H and O–H groups in total. The molecule has 0 heterocycles. The van der Waals surface area contributed by atoms with Gasteiger partial charge in [0.2, 0.25) is 0 Å². The summed E-state index contributed by atoms with van der Waals surface area (Å²) in [4.78, 5) is 15.2. The van der Waals surface area contributed by atoms with Crippen LogP contribution in [-0.2, 0) is 14.4 Å². The Balaban J connectivity index is 3.77. The Labute approximate surface area is 84.1 Å². The summed E-state index contributed by atoms with van der Waals surface area (Å²) in [5.41, 5.74) is 5.04.